The van der Waals surface area contributed by atoms with Gasteiger partial charge in [-0.2, -0.15) is 0 Å². The van der Waals surface area contributed by atoms with E-state index in [2.05, 4.69) is 39.6 Å². The number of ether oxygens (including phenoxy) is 1. The molecule has 0 aliphatic carbocycles. The van der Waals surface area contributed by atoms with E-state index in [0.717, 1.165) is 10.6 Å². The van der Waals surface area contributed by atoms with Crippen LogP contribution >= 0.6 is 11.3 Å². The van der Waals surface area contributed by atoms with Crippen molar-refractivity contribution < 1.29 is 9.53 Å². The van der Waals surface area contributed by atoms with Gasteiger partial charge in [-0.05, 0) is 11.3 Å². The zero-order chi connectivity index (χ0) is 14.9. The molecule has 0 saturated carbocycles. The molecule has 1 saturated heterocycles. The Morgan fingerprint density at radius 1 is 1.50 bits per heavy atom. The maximum Gasteiger partial charge on any atom is 0.266 e. The van der Waals surface area contributed by atoms with Crippen molar-refractivity contribution in [2.75, 3.05) is 19.7 Å². The fraction of sp³-hybridized carbons (Fsp3) is 0.733. The number of nitrogens with zero attached hydrogens (tertiary/aromatic N) is 2. The van der Waals surface area contributed by atoms with Crippen LogP contribution in [-0.2, 0) is 4.74 Å². The van der Waals surface area contributed by atoms with Crippen molar-refractivity contribution in [3.05, 3.63) is 16.1 Å². The fourth-order valence-electron chi connectivity index (χ4n) is 2.33. The number of hydrogen-bond donors (Lipinski definition) is 0. The molecule has 4 nitrogen and oxygen atoms in total. The molecule has 2 heterocycles. The van der Waals surface area contributed by atoms with E-state index < -0.39 is 0 Å². The van der Waals surface area contributed by atoms with Crippen molar-refractivity contribution in [1.29, 1.82) is 0 Å². The first-order valence-electron chi connectivity index (χ1n) is 7.15. The van der Waals surface area contributed by atoms with Gasteiger partial charge in [0.15, 0.2) is 0 Å². The second-order valence-electron chi connectivity index (χ2n) is 6.70. The van der Waals surface area contributed by atoms with Gasteiger partial charge in [0.1, 0.15) is 4.88 Å². The first-order valence-corrected chi connectivity index (χ1v) is 8.03. The highest BCUT2D eigenvalue weighted by molar-refractivity contribution is 7.11. The maximum atomic E-state index is 12.7. The Bertz CT molecular complexity index is 476. The Morgan fingerprint density at radius 3 is 2.80 bits per heavy atom. The van der Waals surface area contributed by atoms with Crippen molar-refractivity contribution in [3.63, 3.8) is 0 Å². The zero-order valence-electron chi connectivity index (χ0n) is 13.0. The van der Waals surface area contributed by atoms with Crippen LogP contribution in [0, 0.1) is 5.41 Å². The summed E-state index contributed by atoms with van der Waals surface area (Å²) in [6.45, 7) is 12.5. The van der Waals surface area contributed by atoms with Crippen molar-refractivity contribution in [2.24, 2.45) is 5.41 Å². The molecule has 0 radical (unpaired) electrons. The Labute approximate surface area is 125 Å². The van der Waals surface area contributed by atoms with E-state index in [1.807, 2.05) is 4.90 Å². The van der Waals surface area contributed by atoms with Gasteiger partial charge >= 0.3 is 0 Å². The van der Waals surface area contributed by atoms with Crippen LogP contribution in [0.5, 0.6) is 0 Å². The topological polar surface area (TPSA) is 42.4 Å². The molecule has 1 atom stereocenters. The molecule has 0 unspecified atom stereocenters. The second kappa shape index (κ2) is 5.82. The molecular formula is C15H24N2O2S. The van der Waals surface area contributed by atoms with Crippen LogP contribution in [0.1, 0.15) is 55.9 Å². The number of thiazole rings is 1. The van der Waals surface area contributed by atoms with Crippen LogP contribution in [-0.4, -0.2) is 41.6 Å². The van der Waals surface area contributed by atoms with Gasteiger partial charge in [-0.3, -0.25) is 4.79 Å². The Morgan fingerprint density at radius 2 is 2.20 bits per heavy atom. The monoisotopic (exact) mass is 296 g/mol. The van der Waals surface area contributed by atoms with E-state index in [1.54, 1.807) is 5.51 Å². The molecule has 0 spiro atoms. The van der Waals surface area contributed by atoms with Crippen LogP contribution < -0.4 is 0 Å². The Hall–Kier alpha value is -0.940. The number of hydrogen-bond acceptors (Lipinski definition) is 4. The number of morpholine rings is 1. The van der Waals surface area contributed by atoms with E-state index in [1.165, 1.54) is 11.3 Å². The number of carbonyl (C=O) groups excluding carboxylic acids is 1. The SMILES string of the molecule is CC(C)c1ncsc1C(=O)N1CCO[C@H](C(C)(C)C)C1. The molecule has 1 aliphatic heterocycles. The largest absolute Gasteiger partial charge is 0.374 e. The van der Waals surface area contributed by atoms with Crippen molar-refractivity contribution in [2.45, 2.75) is 46.6 Å². The van der Waals surface area contributed by atoms with Crippen molar-refractivity contribution in [3.8, 4) is 0 Å². The Balaban J connectivity index is 2.15. The minimum Gasteiger partial charge on any atom is -0.374 e. The summed E-state index contributed by atoms with van der Waals surface area (Å²) in [7, 11) is 0. The van der Waals surface area contributed by atoms with Gasteiger partial charge in [0, 0.05) is 13.1 Å². The lowest BCUT2D eigenvalue weighted by Gasteiger charge is -2.39. The molecule has 112 valence electrons. The molecule has 1 amide bonds. The highest BCUT2D eigenvalue weighted by atomic mass is 32.1. The molecule has 2 rings (SSSR count). The van der Waals surface area contributed by atoms with Crippen LogP contribution in [0.2, 0.25) is 0 Å². The number of rotatable bonds is 2. The average molecular weight is 296 g/mol. The van der Waals surface area contributed by atoms with E-state index in [0.29, 0.717) is 19.7 Å². The smallest absolute Gasteiger partial charge is 0.266 e. The van der Waals surface area contributed by atoms with E-state index in [4.69, 9.17) is 4.74 Å². The second-order valence-corrected chi connectivity index (χ2v) is 7.55. The van der Waals surface area contributed by atoms with Gasteiger partial charge in [-0.15, -0.1) is 11.3 Å². The van der Waals surface area contributed by atoms with Crippen molar-refractivity contribution >= 4 is 17.2 Å². The third-order valence-electron chi connectivity index (χ3n) is 3.66. The maximum absolute atomic E-state index is 12.7. The summed E-state index contributed by atoms with van der Waals surface area (Å²) in [4.78, 5) is 19.7. The Kier molecular flexibility index (Phi) is 4.49. The summed E-state index contributed by atoms with van der Waals surface area (Å²) in [5.41, 5.74) is 2.73. The van der Waals surface area contributed by atoms with E-state index >= 15 is 0 Å². The molecule has 1 aromatic rings. The van der Waals surface area contributed by atoms with Crippen LogP contribution in [0.4, 0.5) is 0 Å². The first-order chi connectivity index (χ1) is 9.30. The third-order valence-corrected chi connectivity index (χ3v) is 4.49. The lowest BCUT2D eigenvalue weighted by Crippen LogP contribution is -2.50. The summed E-state index contributed by atoms with van der Waals surface area (Å²) < 4.78 is 5.81. The van der Waals surface area contributed by atoms with Crippen molar-refractivity contribution in [1.82, 2.24) is 9.88 Å². The molecule has 0 aromatic carbocycles. The highest BCUT2D eigenvalue weighted by Crippen LogP contribution is 2.28. The van der Waals surface area contributed by atoms with Crippen LogP contribution in [0.15, 0.2) is 5.51 Å². The molecule has 1 fully saturated rings. The van der Waals surface area contributed by atoms with Crippen LogP contribution in [0.3, 0.4) is 0 Å². The van der Waals surface area contributed by atoms with E-state index in [9.17, 15) is 4.79 Å². The molecule has 1 aliphatic rings. The third kappa shape index (κ3) is 3.20. The lowest BCUT2D eigenvalue weighted by molar-refractivity contribution is -0.0705. The first kappa shape index (κ1) is 15.4. The summed E-state index contributed by atoms with van der Waals surface area (Å²) in [6.07, 6.45) is 0.0932. The lowest BCUT2D eigenvalue weighted by atomic mass is 9.88. The fourth-order valence-corrected chi connectivity index (χ4v) is 3.24. The van der Waals surface area contributed by atoms with Gasteiger partial charge in [-0.25, -0.2) is 4.98 Å². The molecular weight excluding hydrogens is 272 g/mol. The summed E-state index contributed by atoms with van der Waals surface area (Å²) in [6, 6.07) is 0. The number of amides is 1. The molecule has 1 aromatic heterocycles. The zero-order valence-corrected chi connectivity index (χ0v) is 13.8. The van der Waals surface area contributed by atoms with Gasteiger partial charge in [0.05, 0.1) is 23.9 Å². The van der Waals surface area contributed by atoms with E-state index in [-0.39, 0.29) is 23.3 Å². The standard InChI is InChI=1S/C15H24N2O2S/c1-10(2)12-13(20-9-16-12)14(18)17-6-7-19-11(8-17)15(3,4)5/h9-11H,6-8H2,1-5H3/t11-/m0/s1. The van der Waals surface area contributed by atoms with Crippen LogP contribution in [0.25, 0.3) is 0 Å². The molecule has 0 bridgehead atoms. The minimum absolute atomic E-state index is 0.0491. The predicted octanol–water partition coefficient (Wildman–Crippen LogP) is 3.15. The molecule has 20 heavy (non-hydrogen) atoms. The van der Waals surface area contributed by atoms with Gasteiger partial charge < -0.3 is 9.64 Å². The summed E-state index contributed by atoms with van der Waals surface area (Å²) in [5.74, 6) is 0.383. The summed E-state index contributed by atoms with van der Waals surface area (Å²) in [5, 5.41) is 0. The quantitative estimate of drug-likeness (QED) is 0.842. The number of carbonyl (C=O) groups is 1. The normalized spacial score (nSPS) is 20.5. The predicted molar refractivity (Wildman–Crippen MR) is 81.3 cm³/mol. The van der Waals surface area contributed by atoms with Gasteiger partial charge in [-0.1, -0.05) is 34.6 Å². The minimum atomic E-state index is 0.0491. The molecule has 0 N–H and O–H groups in total. The number of aromatic nitrogens is 1. The molecule has 5 heteroatoms. The summed E-state index contributed by atoms with van der Waals surface area (Å²) >= 11 is 1.45. The highest BCUT2D eigenvalue weighted by Gasteiger charge is 2.34. The average Bonchev–Trinajstić information content (AvgIpc) is 2.86. The van der Waals surface area contributed by atoms with Gasteiger partial charge in [0.2, 0.25) is 0 Å². The van der Waals surface area contributed by atoms with Gasteiger partial charge in [0.25, 0.3) is 5.91 Å².